The van der Waals surface area contributed by atoms with Gasteiger partial charge in [0.25, 0.3) is 0 Å². The molecule has 5 nitrogen and oxygen atoms in total. The first kappa shape index (κ1) is 20.0. The Hall–Kier alpha value is -1.30. The van der Waals surface area contributed by atoms with Crippen molar-refractivity contribution in [1.29, 1.82) is 0 Å². The molecule has 2 heterocycles. The Morgan fingerprint density at radius 1 is 1.32 bits per heavy atom. The zero-order valence-electron chi connectivity index (χ0n) is 15.0. The molecule has 2 saturated heterocycles. The molecule has 1 amide bonds. The number of rotatable bonds is 6. The van der Waals surface area contributed by atoms with Crippen molar-refractivity contribution in [3.8, 4) is 5.75 Å². The third-order valence-corrected chi connectivity index (χ3v) is 5.69. The lowest BCUT2D eigenvalue weighted by Gasteiger charge is -2.39. The molecule has 0 saturated carbocycles. The van der Waals surface area contributed by atoms with E-state index in [9.17, 15) is 4.79 Å². The van der Waals surface area contributed by atoms with Crippen LogP contribution in [0.1, 0.15) is 25.3 Å². The van der Waals surface area contributed by atoms with E-state index in [4.69, 9.17) is 9.47 Å². The van der Waals surface area contributed by atoms with Crippen LogP contribution in [0.4, 0.5) is 0 Å². The lowest BCUT2D eigenvalue weighted by Crippen LogP contribution is -2.51. The molecule has 1 atom stereocenters. The summed E-state index contributed by atoms with van der Waals surface area (Å²) >= 11 is 0. The Morgan fingerprint density at radius 3 is 2.48 bits per heavy atom. The van der Waals surface area contributed by atoms with E-state index in [1.807, 2.05) is 19.1 Å². The first-order chi connectivity index (χ1) is 11.6. The van der Waals surface area contributed by atoms with E-state index in [2.05, 4.69) is 22.8 Å². The van der Waals surface area contributed by atoms with E-state index < -0.39 is 0 Å². The van der Waals surface area contributed by atoms with Crippen molar-refractivity contribution in [2.75, 3.05) is 40.0 Å². The lowest BCUT2D eigenvalue weighted by atomic mass is 9.74. The summed E-state index contributed by atoms with van der Waals surface area (Å²) in [5.74, 6) is 1.56. The normalized spacial score (nSPS) is 20.7. The number of nitrogens with one attached hydrogen (secondary N) is 2. The fourth-order valence-electron chi connectivity index (χ4n) is 3.57. The minimum atomic E-state index is -0.0439. The summed E-state index contributed by atoms with van der Waals surface area (Å²) < 4.78 is 10.8. The second kappa shape index (κ2) is 8.88. The fourth-order valence-corrected chi connectivity index (χ4v) is 3.57. The highest BCUT2D eigenvalue weighted by atomic mass is 35.5. The number of ether oxygens (including phenoxy) is 2. The number of carbonyl (C=O) groups is 1. The second-order valence-electron chi connectivity index (χ2n) is 7.05. The summed E-state index contributed by atoms with van der Waals surface area (Å²) in [6.45, 7) is 6.09. The summed E-state index contributed by atoms with van der Waals surface area (Å²) in [7, 11) is 1.68. The van der Waals surface area contributed by atoms with E-state index in [1.54, 1.807) is 7.11 Å². The highest BCUT2D eigenvalue weighted by Crippen LogP contribution is 2.35. The van der Waals surface area contributed by atoms with Gasteiger partial charge in [0.15, 0.2) is 0 Å². The van der Waals surface area contributed by atoms with Gasteiger partial charge < -0.3 is 20.1 Å². The average molecular weight is 369 g/mol. The number of halogens is 1. The Bertz CT molecular complexity index is 554. The molecule has 2 aliphatic heterocycles. The predicted molar refractivity (Wildman–Crippen MR) is 101 cm³/mol. The van der Waals surface area contributed by atoms with Gasteiger partial charge in [0.1, 0.15) is 5.75 Å². The zero-order valence-corrected chi connectivity index (χ0v) is 15.9. The van der Waals surface area contributed by atoms with Crippen LogP contribution in [0.5, 0.6) is 5.75 Å². The Balaban J connectivity index is 0.00000225. The minimum absolute atomic E-state index is 0. The zero-order chi connectivity index (χ0) is 17.0. The molecule has 140 valence electrons. The molecule has 1 unspecified atom stereocenters. The third kappa shape index (κ3) is 4.46. The molecule has 0 spiro atoms. The van der Waals surface area contributed by atoms with Crippen molar-refractivity contribution in [3.63, 3.8) is 0 Å². The fraction of sp³-hybridized carbons (Fsp3) is 0.632. The Labute approximate surface area is 156 Å². The Morgan fingerprint density at radius 2 is 1.96 bits per heavy atom. The molecule has 6 heteroatoms. The van der Waals surface area contributed by atoms with Crippen LogP contribution in [0, 0.1) is 11.8 Å². The standard InChI is InChI=1S/C19H28N2O3.ClH/c1-14(15-11-20-12-15)18(22)21-13-19(7-9-24-10-8-19)16-3-5-17(23-2)6-4-16;/h3-6,14-15,20H,7-13H2,1-2H3,(H,21,22);1H. The van der Waals surface area contributed by atoms with Gasteiger partial charge >= 0.3 is 0 Å². The van der Waals surface area contributed by atoms with Crippen LogP contribution < -0.4 is 15.4 Å². The van der Waals surface area contributed by atoms with Gasteiger partial charge in [0, 0.05) is 31.1 Å². The molecular weight excluding hydrogens is 340 g/mol. The first-order valence-electron chi connectivity index (χ1n) is 8.85. The smallest absolute Gasteiger partial charge is 0.223 e. The monoisotopic (exact) mass is 368 g/mol. The van der Waals surface area contributed by atoms with Gasteiger partial charge in [-0.2, -0.15) is 0 Å². The van der Waals surface area contributed by atoms with Crippen LogP contribution in [0.25, 0.3) is 0 Å². The quantitative estimate of drug-likeness (QED) is 0.807. The maximum Gasteiger partial charge on any atom is 0.223 e. The molecule has 0 bridgehead atoms. The van der Waals surface area contributed by atoms with Gasteiger partial charge in [-0.3, -0.25) is 4.79 Å². The van der Waals surface area contributed by atoms with E-state index in [-0.39, 0.29) is 29.6 Å². The van der Waals surface area contributed by atoms with Crippen molar-refractivity contribution in [2.24, 2.45) is 11.8 Å². The molecule has 1 aromatic carbocycles. The molecule has 2 N–H and O–H groups in total. The Kier molecular flexibility index (Phi) is 7.11. The molecule has 25 heavy (non-hydrogen) atoms. The molecule has 0 radical (unpaired) electrons. The molecule has 2 aliphatic rings. The van der Waals surface area contributed by atoms with Crippen LogP contribution >= 0.6 is 12.4 Å². The number of hydrogen-bond donors (Lipinski definition) is 2. The summed E-state index contributed by atoms with van der Waals surface area (Å²) in [6, 6.07) is 8.24. The van der Waals surface area contributed by atoms with Crippen LogP contribution in [0.2, 0.25) is 0 Å². The van der Waals surface area contributed by atoms with Crippen LogP contribution in [-0.4, -0.2) is 45.9 Å². The maximum absolute atomic E-state index is 12.5. The molecule has 3 rings (SSSR count). The van der Waals surface area contributed by atoms with Gasteiger partial charge in [-0.05, 0) is 49.5 Å². The molecule has 0 aliphatic carbocycles. The second-order valence-corrected chi connectivity index (χ2v) is 7.05. The van der Waals surface area contributed by atoms with Gasteiger partial charge in [0.05, 0.1) is 7.11 Å². The van der Waals surface area contributed by atoms with Gasteiger partial charge in [-0.25, -0.2) is 0 Å². The molecule has 2 fully saturated rings. The van der Waals surface area contributed by atoms with E-state index in [0.717, 1.165) is 44.9 Å². The average Bonchev–Trinajstić information content (AvgIpc) is 2.59. The minimum Gasteiger partial charge on any atom is -0.497 e. The molecule has 1 aromatic rings. The lowest BCUT2D eigenvalue weighted by molar-refractivity contribution is -0.127. The molecular formula is C19H29ClN2O3. The van der Waals surface area contributed by atoms with Crippen molar-refractivity contribution in [2.45, 2.75) is 25.2 Å². The highest BCUT2D eigenvalue weighted by molar-refractivity contribution is 5.85. The summed E-state index contributed by atoms with van der Waals surface area (Å²) in [4.78, 5) is 12.5. The van der Waals surface area contributed by atoms with Crippen LogP contribution in [-0.2, 0) is 14.9 Å². The van der Waals surface area contributed by atoms with Gasteiger partial charge in [-0.1, -0.05) is 19.1 Å². The third-order valence-electron chi connectivity index (χ3n) is 5.69. The number of methoxy groups -OCH3 is 1. The van der Waals surface area contributed by atoms with Gasteiger partial charge in [-0.15, -0.1) is 12.4 Å². The van der Waals surface area contributed by atoms with Crippen molar-refractivity contribution in [3.05, 3.63) is 29.8 Å². The van der Waals surface area contributed by atoms with Crippen molar-refractivity contribution >= 4 is 18.3 Å². The van der Waals surface area contributed by atoms with Crippen molar-refractivity contribution in [1.82, 2.24) is 10.6 Å². The summed E-state index contributed by atoms with van der Waals surface area (Å²) in [5.41, 5.74) is 1.21. The number of amides is 1. The van der Waals surface area contributed by atoms with E-state index >= 15 is 0 Å². The maximum atomic E-state index is 12.5. The van der Waals surface area contributed by atoms with Gasteiger partial charge in [0.2, 0.25) is 5.91 Å². The first-order valence-corrected chi connectivity index (χ1v) is 8.85. The summed E-state index contributed by atoms with van der Waals surface area (Å²) in [6.07, 6.45) is 1.86. The predicted octanol–water partition coefficient (Wildman–Crippen LogP) is 2.14. The highest BCUT2D eigenvalue weighted by Gasteiger charge is 2.36. The SMILES string of the molecule is COc1ccc(C2(CNC(=O)C(C)C3CNC3)CCOCC2)cc1.Cl. The summed E-state index contributed by atoms with van der Waals surface area (Å²) in [5, 5.41) is 6.45. The number of benzene rings is 1. The number of hydrogen-bond acceptors (Lipinski definition) is 4. The molecule has 0 aromatic heterocycles. The topological polar surface area (TPSA) is 59.6 Å². The van der Waals surface area contributed by atoms with Crippen LogP contribution in [0.15, 0.2) is 24.3 Å². The van der Waals surface area contributed by atoms with Crippen LogP contribution in [0.3, 0.4) is 0 Å². The van der Waals surface area contributed by atoms with E-state index in [1.165, 1.54) is 5.56 Å². The van der Waals surface area contributed by atoms with E-state index in [0.29, 0.717) is 12.5 Å². The van der Waals surface area contributed by atoms with Crippen molar-refractivity contribution < 1.29 is 14.3 Å². The number of carbonyl (C=O) groups excluding carboxylic acids is 1. The largest absolute Gasteiger partial charge is 0.497 e.